The Bertz CT molecular complexity index is 1060. The second kappa shape index (κ2) is 5.70. The molecule has 0 N–H and O–H groups in total. The first-order valence-corrected chi connectivity index (χ1v) is 7.62. The molecule has 0 amide bonds. The maximum absolute atomic E-state index is 11.7. The van der Waals surface area contributed by atoms with E-state index in [0.29, 0.717) is 5.75 Å². The van der Waals surface area contributed by atoms with Crippen LogP contribution in [0.2, 0.25) is 0 Å². The minimum Gasteiger partial charge on any atom is -0.456 e. The fourth-order valence-corrected chi connectivity index (χ4v) is 2.92. The van der Waals surface area contributed by atoms with Gasteiger partial charge in [-0.1, -0.05) is 55.1 Å². The number of esters is 1. The van der Waals surface area contributed by atoms with Gasteiger partial charge in [0.25, 0.3) is 0 Å². The maximum Gasteiger partial charge on any atom is 0.335 e. The molecule has 0 radical (unpaired) electrons. The van der Waals surface area contributed by atoms with Gasteiger partial charge in [-0.05, 0) is 23.8 Å². The average Bonchev–Trinajstić information content (AvgIpc) is 3.01. The van der Waals surface area contributed by atoms with Crippen LogP contribution in [0.1, 0.15) is 0 Å². The van der Waals surface area contributed by atoms with Gasteiger partial charge in [0.2, 0.25) is 0 Å². The summed E-state index contributed by atoms with van der Waals surface area (Å²) in [6.07, 6.45) is 1.16. The monoisotopic (exact) mass is 314 g/mol. The number of hydrogen-bond donors (Lipinski definition) is 0. The van der Waals surface area contributed by atoms with Gasteiger partial charge < -0.3 is 9.15 Å². The van der Waals surface area contributed by atoms with E-state index in [1.807, 2.05) is 60.7 Å². The Kier molecular flexibility index (Phi) is 3.39. The summed E-state index contributed by atoms with van der Waals surface area (Å²) in [6.45, 7) is 3.47. The first-order valence-electron chi connectivity index (χ1n) is 7.62. The molecule has 0 aliphatic carbocycles. The van der Waals surface area contributed by atoms with E-state index < -0.39 is 5.97 Å². The molecule has 116 valence electrons. The number of hydrogen-bond acceptors (Lipinski definition) is 3. The Morgan fingerprint density at radius 2 is 1.67 bits per heavy atom. The molecule has 1 heterocycles. The topological polar surface area (TPSA) is 39.4 Å². The molecular formula is C21H14O3. The number of carbonyl (C=O) groups is 1. The number of furan rings is 1. The molecule has 0 unspecified atom stereocenters. The third-order valence-corrected chi connectivity index (χ3v) is 3.94. The second-order valence-electron chi connectivity index (χ2n) is 5.40. The molecule has 0 saturated carbocycles. The number of carbonyl (C=O) groups excluding carboxylic acids is 1. The number of fused-ring (bicyclic) bond motifs is 3. The quantitative estimate of drug-likeness (QED) is 0.291. The normalized spacial score (nSPS) is 10.8. The van der Waals surface area contributed by atoms with Crippen LogP contribution in [-0.4, -0.2) is 5.97 Å². The van der Waals surface area contributed by atoms with Gasteiger partial charge in [-0.3, -0.25) is 0 Å². The molecule has 1 aromatic heterocycles. The molecule has 0 bridgehead atoms. The fourth-order valence-electron chi connectivity index (χ4n) is 2.92. The van der Waals surface area contributed by atoms with Crippen LogP contribution >= 0.6 is 0 Å². The maximum atomic E-state index is 11.7. The summed E-state index contributed by atoms with van der Waals surface area (Å²) in [5, 5.41) is 1.93. The molecule has 3 nitrogen and oxygen atoms in total. The van der Waals surface area contributed by atoms with Crippen molar-refractivity contribution in [2.75, 3.05) is 0 Å². The highest BCUT2D eigenvalue weighted by Crippen LogP contribution is 2.42. The molecule has 4 rings (SSSR count). The molecular weight excluding hydrogens is 300 g/mol. The predicted octanol–water partition coefficient (Wildman–Crippen LogP) is 5.34. The molecule has 0 saturated heterocycles. The third kappa shape index (κ3) is 2.27. The minimum atomic E-state index is -0.487. The van der Waals surface area contributed by atoms with E-state index in [0.717, 1.165) is 39.1 Å². The Morgan fingerprint density at radius 3 is 2.46 bits per heavy atom. The van der Waals surface area contributed by atoms with Crippen molar-refractivity contribution in [3.05, 3.63) is 79.4 Å². The van der Waals surface area contributed by atoms with Gasteiger partial charge in [-0.25, -0.2) is 4.79 Å². The Morgan fingerprint density at radius 1 is 0.917 bits per heavy atom. The molecule has 0 atom stereocenters. The van der Waals surface area contributed by atoms with Crippen LogP contribution in [-0.2, 0) is 4.79 Å². The van der Waals surface area contributed by atoms with Crippen molar-refractivity contribution >= 4 is 27.9 Å². The highest BCUT2D eigenvalue weighted by atomic mass is 16.5. The van der Waals surface area contributed by atoms with Crippen molar-refractivity contribution in [3.8, 4) is 16.9 Å². The molecule has 3 aromatic carbocycles. The van der Waals surface area contributed by atoms with Crippen LogP contribution in [0.3, 0.4) is 0 Å². The zero-order valence-corrected chi connectivity index (χ0v) is 12.9. The van der Waals surface area contributed by atoms with Gasteiger partial charge in [0.05, 0.1) is 0 Å². The van der Waals surface area contributed by atoms with Crippen molar-refractivity contribution in [2.24, 2.45) is 0 Å². The highest BCUT2D eigenvalue weighted by Gasteiger charge is 2.18. The summed E-state index contributed by atoms with van der Waals surface area (Å²) >= 11 is 0. The van der Waals surface area contributed by atoms with E-state index in [2.05, 4.69) is 6.58 Å². The van der Waals surface area contributed by atoms with Crippen LogP contribution in [0, 0.1) is 0 Å². The van der Waals surface area contributed by atoms with Crippen LogP contribution < -0.4 is 4.74 Å². The van der Waals surface area contributed by atoms with Crippen LogP contribution in [0.15, 0.2) is 83.8 Å². The molecule has 0 spiro atoms. The van der Waals surface area contributed by atoms with E-state index in [9.17, 15) is 4.79 Å². The molecule has 24 heavy (non-hydrogen) atoms. The first kappa shape index (κ1) is 14.3. The van der Waals surface area contributed by atoms with Crippen molar-refractivity contribution in [1.82, 2.24) is 0 Å². The summed E-state index contributed by atoms with van der Waals surface area (Å²) in [5.74, 6) is 0.00415. The van der Waals surface area contributed by atoms with Gasteiger partial charge in [0, 0.05) is 22.4 Å². The standard InChI is InChI=1S/C21H14O3/c1-2-19(22)24-17-12-13-18-21(15-10-6-7-11-16(15)23-18)20(17)14-8-4-3-5-9-14/h2-13H,1H2. The second-order valence-corrected chi connectivity index (χ2v) is 5.40. The van der Waals surface area contributed by atoms with Crippen molar-refractivity contribution < 1.29 is 13.9 Å². The van der Waals surface area contributed by atoms with E-state index in [1.165, 1.54) is 0 Å². The van der Waals surface area contributed by atoms with Crippen molar-refractivity contribution in [1.29, 1.82) is 0 Å². The lowest BCUT2D eigenvalue weighted by atomic mass is 9.98. The number of benzene rings is 3. The number of ether oxygens (including phenoxy) is 1. The van der Waals surface area contributed by atoms with Crippen LogP contribution in [0.4, 0.5) is 0 Å². The largest absolute Gasteiger partial charge is 0.456 e. The predicted molar refractivity (Wildman–Crippen MR) is 95.0 cm³/mol. The molecule has 0 aliphatic rings. The zero-order chi connectivity index (χ0) is 16.5. The Balaban J connectivity index is 2.10. The molecule has 0 aliphatic heterocycles. The smallest absolute Gasteiger partial charge is 0.335 e. The van der Waals surface area contributed by atoms with Gasteiger partial charge in [0.1, 0.15) is 16.9 Å². The summed E-state index contributed by atoms with van der Waals surface area (Å²) in [5.41, 5.74) is 3.36. The van der Waals surface area contributed by atoms with Gasteiger partial charge in [-0.2, -0.15) is 0 Å². The van der Waals surface area contributed by atoms with Crippen molar-refractivity contribution in [3.63, 3.8) is 0 Å². The number of para-hydroxylation sites is 1. The Hall–Kier alpha value is -3.33. The van der Waals surface area contributed by atoms with Crippen LogP contribution in [0.25, 0.3) is 33.1 Å². The van der Waals surface area contributed by atoms with Gasteiger partial charge in [0.15, 0.2) is 0 Å². The van der Waals surface area contributed by atoms with E-state index >= 15 is 0 Å². The number of rotatable bonds is 3. The van der Waals surface area contributed by atoms with E-state index in [-0.39, 0.29) is 0 Å². The lowest BCUT2D eigenvalue weighted by Gasteiger charge is -2.10. The van der Waals surface area contributed by atoms with Crippen LogP contribution in [0.5, 0.6) is 5.75 Å². The fraction of sp³-hybridized carbons (Fsp3) is 0. The lowest BCUT2D eigenvalue weighted by molar-refractivity contribution is -0.128. The van der Waals surface area contributed by atoms with Gasteiger partial charge in [-0.15, -0.1) is 0 Å². The van der Waals surface area contributed by atoms with E-state index in [1.54, 1.807) is 6.07 Å². The molecule has 3 heteroatoms. The molecule has 4 aromatic rings. The van der Waals surface area contributed by atoms with Gasteiger partial charge >= 0.3 is 5.97 Å². The molecule has 0 fully saturated rings. The summed E-state index contributed by atoms with van der Waals surface area (Å²) in [6, 6.07) is 21.3. The SMILES string of the molecule is C=CC(=O)Oc1ccc2oc3ccccc3c2c1-c1ccccc1. The Labute approximate surface area is 138 Å². The summed E-state index contributed by atoms with van der Waals surface area (Å²) < 4.78 is 11.4. The zero-order valence-electron chi connectivity index (χ0n) is 12.9. The first-order chi connectivity index (χ1) is 11.8. The minimum absolute atomic E-state index is 0.487. The summed E-state index contributed by atoms with van der Waals surface area (Å²) in [7, 11) is 0. The lowest BCUT2D eigenvalue weighted by Crippen LogP contribution is -2.04. The van der Waals surface area contributed by atoms with E-state index in [4.69, 9.17) is 9.15 Å². The summed E-state index contributed by atoms with van der Waals surface area (Å²) in [4.78, 5) is 11.7. The third-order valence-electron chi connectivity index (χ3n) is 3.94. The average molecular weight is 314 g/mol. The van der Waals surface area contributed by atoms with Crippen molar-refractivity contribution in [2.45, 2.75) is 0 Å². The highest BCUT2D eigenvalue weighted by molar-refractivity contribution is 6.14.